The van der Waals surface area contributed by atoms with Gasteiger partial charge >= 0.3 is 0 Å². The first-order chi connectivity index (χ1) is 7.27. The highest BCUT2D eigenvalue weighted by Crippen LogP contribution is 2.18. The molecule has 0 aliphatic carbocycles. The van der Waals surface area contributed by atoms with Gasteiger partial charge in [0.25, 0.3) is 0 Å². The zero-order valence-corrected chi connectivity index (χ0v) is 10.9. The van der Waals surface area contributed by atoms with Crippen LogP contribution in [-0.2, 0) is 15.5 Å². The molecule has 0 saturated carbocycles. The van der Waals surface area contributed by atoms with Crippen molar-refractivity contribution in [1.82, 2.24) is 0 Å². The average Bonchev–Trinajstić information content (AvgIpc) is 2.70. The maximum Gasteiger partial charge on any atom is 0.0691 e. The summed E-state index contributed by atoms with van der Waals surface area (Å²) < 4.78 is 17.6. The topological polar surface area (TPSA) is 26.3 Å². The summed E-state index contributed by atoms with van der Waals surface area (Å²) in [6.45, 7) is 5.21. The van der Waals surface area contributed by atoms with Crippen molar-refractivity contribution in [2.75, 3.05) is 12.4 Å². The molecule has 0 radical (unpaired) electrons. The van der Waals surface area contributed by atoms with Crippen molar-refractivity contribution in [2.45, 2.75) is 63.7 Å². The summed E-state index contributed by atoms with van der Waals surface area (Å²) in [6, 6.07) is 0. The molecule has 3 heteroatoms. The molecule has 0 aromatic carbocycles. The maximum atomic E-state index is 12.1. The molecule has 0 bridgehead atoms. The van der Waals surface area contributed by atoms with Gasteiger partial charge in [-0.05, 0) is 25.7 Å². The first-order valence-electron chi connectivity index (χ1n) is 6.26. The van der Waals surface area contributed by atoms with Crippen LogP contribution in [0.15, 0.2) is 0 Å². The van der Waals surface area contributed by atoms with E-state index < -0.39 is 10.8 Å². The second kappa shape index (κ2) is 7.39. The van der Waals surface area contributed by atoms with Gasteiger partial charge in [-0.25, -0.2) is 0 Å². The lowest BCUT2D eigenvalue weighted by atomic mass is 10.2. The van der Waals surface area contributed by atoms with Gasteiger partial charge in [0.2, 0.25) is 0 Å². The molecule has 2 nitrogen and oxygen atoms in total. The normalized spacial score (nSPS) is 23.5. The summed E-state index contributed by atoms with van der Waals surface area (Å²) in [4.78, 5) is 0. The van der Waals surface area contributed by atoms with Gasteiger partial charge in [0.05, 0.1) is 11.9 Å². The van der Waals surface area contributed by atoms with E-state index in [1.807, 2.05) is 0 Å². The molecule has 1 fully saturated rings. The molecule has 2 atom stereocenters. The average molecular weight is 232 g/mol. The summed E-state index contributed by atoms with van der Waals surface area (Å²) in [5, 5.41) is 0.407. The van der Waals surface area contributed by atoms with E-state index in [9.17, 15) is 4.21 Å². The van der Waals surface area contributed by atoms with Gasteiger partial charge in [-0.2, -0.15) is 0 Å². The van der Waals surface area contributed by atoms with Gasteiger partial charge in [0.1, 0.15) is 0 Å². The Morgan fingerprint density at radius 1 is 1.33 bits per heavy atom. The van der Waals surface area contributed by atoms with E-state index in [4.69, 9.17) is 4.74 Å². The Kier molecular flexibility index (Phi) is 6.50. The minimum Gasteiger partial charge on any atom is -0.377 e. The number of ether oxygens (including phenoxy) is 1. The molecule has 1 saturated heterocycles. The largest absolute Gasteiger partial charge is 0.377 e. The molecule has 1 rings (SSSR count). The van der Waals surface area contributed by atoms with E-state index >= 15 is 0 Å². The van der Waals surface area contributed by atoms with Crippen molar-refractivity contribution in [3.8, 4) is 0 Å². The highest BCUT2D eigenvalue weighted by atomic mass is 32.2. The zero-order valence-electron chi connectivity index (χ0n) is 10.0. The molecule has 0 amide bonds. The van der Waals surface area contributed by atoms with Crippen molar-refractivity contribution < 1.29 is 8.95 Å². The minimum atomic E-state index is -0.672. The molecule has 1 aliphatic heterocycles. The number of rotatable bonds is 7. The summed E-state index contributed by atoms with van der Waals surface area (Å²) in [5.74, 6) is 0.769. The third kappa shape index (κ3) is 4.64. The van der Waals surface area contributed by atoms with Crippen molar-refractivity contribution in [1.29, 1.82) is 0 Å². The van der Waals surface area contributed by atoms with Gasteiger partial charge in [-0.15, -0.1) is 0 Å². The molecule has 15 heavy (non-hydrogen) atoms. The third-order valence-electron chi connectivity index (χ3n) is 2.97. The Bertz CT molecular complexity index is 182. The second-order valence-corrected chi connectivity index (χ2v) is 6.14. The van der Waals surface area contributed by atoms with Crippen molar-refractivity contribution in [2.24, 2.45) is 0 Å². The Balaban J connectivity index is 2.33. The second-order valence-electron chi connectivity index (χ2n) is 4.38. The lowest BCUT2D eigenvalue weighted by Gasteiger charge is -2.17. The quantitative estimate of drug-likeness (QED) is 0.674. The molecular formula is C12H24O2S. The highest BCUT2D eigenvalue weighted by Gasteiger charge is 2.22. The first-order valence-corrected chi connectivity index (χ1v) is 7.64. The monoisotopic (exact) mass is 232 g/mol. The van der Waals surface area contributed by atoms with E-state index in [1.54, 1.807) is 0 Å². The standard InChI is InChI=1S/C12H24O2S/c1-3-6-12(7-4-2)15(13)10-11-8-5-9-14-11/h11-12H,3-10H2,1-2H3. The Labute approximate surface area is 96.2 Å². The predicted molar refractivity (Wildman–Crippen MR) is 65.6 cm³/mol. The molecular weight excluding hydrogens is 208 g/mol. The Hall–Kier alpha value is 0.110. The van der Waals surface area contributed by atoms with Crippen molar-refractivity contribution in [3.63, 3.8) is 0 Å². The van der Waals surface area contributed by atoms with Gasteiger partial charge < -0.3 is 4.74 Å². The molecule has 90 valence electrons. The molecule has 1 aliphatic rings. The molecule has 0 aromatic heterocycles. The van der Waals surface area contributed by atoms with Crippen molar-refractivity contribution >= 4 is 10.8 Å². The number of hydrogen-bond donors (Lipinski definition) is 0. The first kappa shape index (κ1) is 13.2. The fourth-order valence-electron chi connectivity index (χ4n) is 2.15. The van der Waals surface area contributed by atoms with E-state index in [-0.39, 0.29) is 6.10 Å². The fourth-order valence-corrected chi connectivity index (χ4v) is 4.04. The van der Waals surface area contributed by atoms with Crippen LogP contribution in [0.2, 0.25) is 0 Å². The van der Waals surface area contributed by atoms with Crippen LogP contribution in [0.4, 0.5) is 0 Å². The van der Waals surface area contributed by atoms with Crippen LogP contribution in [-0.4, -0.2) is 27.9 Å². The van der Waals surface area contributed by atoms with Crippen LogP contribution in [0, 0.1) is 0 Å². The molecule has 0 N–H and O–H groups in total. The van der Waals surface area contributed by atoms with Gasteiger partial charge in [-0.1, -0.05) is 26.7 Å². The van der Waals surface area contributed by atoms with Crippen LogP contribution >= 0.6 is 0 Å². The van der Waals surface area contributed by atoms with Crippen LogP contribution in [0.5, 0.6) is 0 Å². The Morgan fingerprint density at radius 2 is 2.00 bits per heavy atom. The SMILES string of the molecule is CCCC(CCC)S(=O)CC1CCCO1. The third-order valence-corrected chi connectivity index (χ3v) is 4.88. The van der Waals surface area contributed by atoms with Crippen LogP contribution in [0.3, 0.4) is 0 Å². The lowest BCUT2D eigenvalue weighted by Crippen LogP contribution is -2.24. The van der Waals surface area contributed by atoms with E-state index in [0.29, 0.717) is 5.25 Å². The molecule has 0 aromatic rings. The van der Waals surface area contributed by atoms with Crippen molar-refractivity contribution in [3.05, 3.63) is 0 Å². The fraction of sp³-hybridized carbons (Fsp3) is 1.00. The smallest absolute Gasteiger partial charge is 0.0691 e. The molecule has 1 heterocycles. The van der Waals surface area contributed by atoms with Crippen LogP contribution in [0.1, 0.15) is 52.4 Å². The van der Waals surface area contributed by atoms with Crippen LogP contribution < -0.4 is 0 Å². The van der Waals surface area contributed by atoms with E-state index in [1.165, 1.54) is 0 Å². The number of hydrogen-bond acceptors (Lipinski definition) is 2. The highest BCUT2D eigenvalue weighted by molar-refractivity contribution is 7.85. The maximum absolute atomic E-state index is 12.1. The summed E-state index contributed by atoms with van der Waals surface area (Å²) in [5.41, 5.74) is 0. The van der Waals surface area contributed by atoms with Gasteiger partial charge in [0.15, 0.2) is 0 Å². The van der Waals surface area contributed by atoms with Gasteiger partial charge in [0, 0.05) is 22.7 Å². The Morgan fingerprint density at radius 3 is 2.47 bits per heavy atom. The van der Waals surface area contributed by atoms with Crippen LogP contribution in [0.25, 0.3) is 0 Å². The summed E-state index contributed by atoms with van der Waals surface area (Å²) in [6.07, 6.45) is 7.02. The summed E-state index contributed by atoms with van der Waals surface area (Å²) in [7, 11) is -0.672. The lowest BCUT2D eigenvalue weighted by molar-refractivity contribution is 0.128. The molecule has 0 spiro atoms. The van der Waals surface area contributed by atoms with E-state index in [0.717, 1.165) is 50.9 Å². The van der Waals surface area contributed by atoms with E-state index in [2.05, 4.69) is 13.8 Å². The predicted octanol–water partition coefficient (Wildman–Crippen LogP) is 2.88. The summed E-state index contributed by atoms with van der Waals surface area (Å²) >= 11 is 0. The zero-order chi connectivity index (χ0) is 11.1. The minimum absolute atomic E-state index is 0.280. The van der Waals surface area contributed by atoms with Gasteiger partial charge in [-0.3, -0.25) is 4.21 Å². The molecule has 2 unspecified atom stereocenters.